The molecule has 2 atom stereocenters. The molecule has 1 amide bonds. The van der Waals surface area contributed by atoms with Crippen molar-refractivity contribution in [1.82, 2.24) is 10.2 Å². The van der Waals surface area contributed by atoms with Gasteiger partial charge in [0.15, 0.2) is 0 Å². The van der Waals surface area contributed by atoms with Gasteiger partial charge in [-0.15, -0.1) is 0 Å². The Morgan fingerprint density at radius 3 is 2.79 bits per heavy atom. The highest BCUT2D eigenvalue weighted by Gasteiger charge is 2.36. The quantitative estimate of drug-likeness (QED) is 0.601. The van der Waals surface area contributed by atoms with Crippen molar-refractivity contribution in [2.24, 2.45) is 5.92 Å². The SMILES string of the molecule is CC1CCCNC1C(=O)N1CC(O)C1. The van der Waals surface area contributed by atoms with Gasteiger partial charge in [0.05, 0.1) is 12.1 Å². The number of carbonyl (C=O) groups excluding carboxylic acids is 1. The molecule has 2 N–H and O–H groups in total. The van der Waals surface area contributed by atoms with Crippen LogP contribution in [-0.2, 0) is 4.79 Å². The molecule has 80 valence electrons. The van der Waals surface area contributed by atoms with E-state index < -0.39 is 0 Å². The van der Waals surface area contributed by atoms with Gasteiger partial charge in [0.1, 0.15) is 0 Å². The highest BCUT2D eigenvalue weighted by molar-refractivity contribution is 5.83. The molecule has 0 bridgehead atoms. The summed E-state index contributed by atoms with van der Waals surface area (Å²) in [6.07, 6.45) is 1.99. The molecule has 2 saturated heterocycles. The maximum atomic E-state index is 11.9. The molecule has 2 heterocycles. The molecule has 14 heavy (non-hydrogen) atoms. The van der Waals surface area contributed by atoms with Crippen LogP contribution < -0.4 is 5.32 Å². The summed E-state index contributed by atoms with van der Waals surface area (Å²) in [7, 11) is 0. The number of hydrogen-bond acceptors (Lipinski definition) is 3. The number of carbonyl (C=O) groups is 1. The van der Waals surface area contributed by atoms with Crippen molar-refractivity contribution >= 4 is 5.91 Å². The largest absolute Gasteiger partial charge is 0.389 e. The molecular formula is C10H18N2O2. The molecule has 0 radical (unpaired) electrons. The predicted molar refractivity (Wildman–Crippen MR) is 52.8 cm³/mol. The summed E-state index contributed by atoms with van der Waals surface area (Å²) in [6.45, 7) is 4.09. The lowest BCUT2D eigenvalue weighted by molar-refractivity contribution is -0.145. The van der Waals surface area contributed by atoms with Crippen LogP contribution in [0.1, 0.15) is 19.8 Å². The van der Waals surface area contributed by atoms with Gasteiger partial charge in [-0.2, -0.15) is 0 Å². The zero-order valence-corrected chi connectivity index (χ0v) is 8.57. The number of hydrogen-bond donors (Lipinski definition) is 2. The zero-order chi connectivity index (χ0) is 10.1. The lowest BCUT2D eigenvalue weighted by Crippen LogP contribution is -2.60. The summed E-state index contributed by atoms with van der Waals surface area (Å²) in [5.41, 5.74) is 0. The molecule has 0 aliphatic carbocycles. The molecule has 0 aromatic heterocycles. The summed E-state index contributed by atoms with van der Waals surface area (Å²) in [4.78, 5) is 13.6. The Kier molecular flexibility index (Phi) is 2.74. The fourth-order valence-electron chi connectivity index (χ4n) is 2.21. The number of nitrogens with zero attached hydrogens (tertiary/aromatic N) is 1. The molecule has 2 aliphatic heterocycles. The van der Waals surface area contributed by atoms with Crippen LogP contribution in [0.5, 0.6) is 0 Å². The summed E-state index contributed by atoms with van der Waals surface area (Å²) >= 11 is 0. The van der Waals surface area contributed by atoms with Crippen molar-refractivity contribution < 1.29 is 9.90 Å². The second-order valence-electron chi connectivity index (χ2n) is 4.45. The molecule has 4 heteroatoms. The van der Waals surface area contributed by atoms with Gasteiger partial charge >= 0.3 is 0 Å². The lowest BCUT2D eigenvalue weighted by Gasteiger charge is -2.40. The first kappa shape index (κ1) is 9.93. The first-order valence-electron chi connectivity index (χ1n) is 5.38. The molecule has 2 fully saturated rings. The van der Waals surface area contributed by atoms with E-state index in [1.165, 1.54) is 0 Å². The van der Waals surface area contributed by atoms with Crippen LogP contribution in [0.25, 0.3) is 0 Å². The third-order valence-corrected chi connectivity index (χ3v) is 3.21. The molecule has 0 aromatic rings. The van der Waals surface area contributed by atoms with E-state index in [1.54, 1.807) is 4.90 Å². The normalized spacial score (nSPS) is 34.0. The average molecular weight is 198 g/mol. The maximum absolute atomic E-state index is 11.9. The zero-order valence-electron chi connectivity index (χ0n) is 8.57. The molecular weight excluding hydrogens is 180 g/mol. The Hall–Kier alpha value is -0.610. The van der Waals surface area contributed by atoms with Crippen molar-refractivity contribution in [3.05, 3.63) is 0 Å². The number of amides is 1. The van der Waals surface area contributed by atoms with Crippen molar-refractivity contribution in [3.63, 3.8) is 0 Å². The average Bonchev–Trinajstić information content (AvgIpc) is 2.13. The summed E-state index contributed by atoms with van der Waals surface area (Å²) in [5.74, 6) is 0.594. The minimum atomic E-state index is -0.294. The molecule has 4 nitrogen and oxygen atoms in total. The molecule has 0 aromatic carbocycles. The smallest absolute Gasteiger partial charge is 0.240 e. The standard InChI is InChI=1S/C10H18N2O2/c1-7-3-2-4-11-9(7)10(14)12-5-8(13)6-12/h7-9,11,13H,2-6H2,1H3. The van der Waals surface area contributed by atoms with Crippen LogP contribution in [0.4, 0.5) is 0 Å². The van der Waals surface area contributed by atoms with Crippen LogP contribution in [-0.4, -0.2) is 47.7 Å². The Bertz CT molecular complexity index is 226. The predicted octanol–water partition coefficient (Wildman–Crippen LogP) is -0.422. The number of nitrogens with one attached hydrogen (secondary N) is 1. The molecule has 2 unspecified atom stereocenters. The third kappa shape index (κ3) is 1.77. The van der Waals surface area contributed by atoms with Crippen LogP contribution in [0.3, 0.4) is 0 Å². The number of rotatable bonds is 1. The van der Waals surface area contributed by atoms with E-state index in [9.17, 15) is 4.79 Å². The summed E-state index contributed by atoms with van der Waals surface area (Å²) in [6, 6.07) is -0.0174. The van der Waals surface area contributed by atoms with Crippen LogP contribution in [0.15, 0.2) is 0 Å². The van der Waals surface area contributed by atoms with Crippen LogP contribution >= 0.6 is 0 Å². The van der Waals surface area contributed by atoms with E-state index in [1.807, 2.05) is 0 Å². The van der Waals surface area contributed by atoms with E-state index in [0.717, 1.165) is 19.4 Å². The maximum Gasteiger partial charge on any atom is 0.240 e. The highest BCUT2D eigenvalue weighted by atomic mass is 16.3. The van der Waals surface area contributed by atoms with Gasteiger partial charge in [-0.25, -0.2) is 0 Å². The van der Waals surface area contributed by atoms with E-state index in [0.29, 0.717) is 19.0 Å². The second kappa shape index (κ2) is 3.87. The summed E-state index contributed by atoms with van der Waals surface area (Å²) in [5, 5.41) is 12.4. The number of likely N-dealkylation sites (tertiary alicyclic amines) is 1. The summed E-state index contributed by atoms with van der Waals surface area (Å²) < 4.78 is 0. The monoisotopic (exact) mass is 198 g/mol. The topological polar surface area (TPSA) is 52.6 Å². The number of piperidine rings is 1. The van der Waals surface area contributed by atoms with Gasteiger partial charge in [-0.3, -0.25) is 4.79 Å². The van der Waals surface area contributed by atoms with Crippen molar-refractivity contribution in [2.45, 2.75) is 31.9 Å². The van der Waals surface area contributed by atoms with Gasteiger partial charge in [-0.05, 0) is 25.3 Å². The van der Waals surface area contributed by atoms with Gasteiger partial charge in [0.2, 0.25) is 5.91 Å². The van der Waals surface area contributed by atoms with E-state index in [2.05, 4.69) is 12.2 Å². The lowest BCUT2D eigenvalue weighted by atomic mass is 9.91. The van der Waals surface area contributed by atoms with Crippen LogP contribution in [0, 0.1) is 5.92 Å². The van der Waals surface area contributed by atoms with Gasteiger partial charge in [0.25, 0.3) is 0 Å². The Balaban J connectivity index is 1.90. The first-order chi connectivity index (χ1) is 6.68. The minimum absolute atomic E-state index is 0.0174. The first-order valence-corrected chi connectivity index (χ1v) is 5.38. The molecule has 0 spiro atoms. The van der Waals surface area contributed by atoms with Crippen LogP contribution in [0.2, 0.25) is 0 Å². The number of aliphatic hydroxyl groups is 1. The number of aliphatic hydroxyl groups excluding tert-OH is 1. The second-order valence-corrected chi connectivity index (χ2v) is 4.45. The molecule has 0 saturated carbocycles. The van der Waals surface area contributed by atoms with E-state index in [-0.39, 0.29) is 18.1 Å². The highest BCUT2D eigenvalue weighted by Crippen LogP contribution is 2.19. The Morgan fingerprint density at radius 1 is 1.50 bits per heavy atom. The third-order valence-electron chi connectivity index (χ3n) is 3.21. The fourth-order valence-corrected chi connectivity index (χ4v) is 2.21. The fraction of sp³-hybridized carbons (Fsp3) is 0.900. The van der Waals surface area contributed by atoms with E-state index in [4.69, 9.17) is 5.11 Å². The molecule has 2 aliphatic rings. The Labute approximate surface area is 84.3 Å². The van der Waals surface area contributed by atoms with Crippen molar-refractivity contribution in [1.29, 1.82) is 0 Å². The number of β-amino-alcohol motifs (C(OH)–C–C–N with tert-alkyl or cyclic N) is 1. The van der Waals surface area contributed by atoms with Crippen molar-refractivity contribution in [3.8, 4) is 0 Å². The molecule has 2 rings (SSSR count). The minimum Gasteiger partial charge on any atom is -0.389 e. The van der Waals surface area contributed by atoms with Gasteiger partial charge < -0.3 is 15.3 Å². The van der Waals surface area contributed by atoms with Gasteiger partial charge in [-0.1, -0.05) is 6.92 Å². The van der Waals surface area contributed by atoms with Crippen molar-refractivity contribution in [2.75, 3.05) is 19.6 Å². The van der Waals surface area contributed by atoms with Gasteiger partial charge in [0, 0.05) is 13.1 Å². The Morgan fingerprint density at radius 2 is 2.21 bits per heavy atom. The van der Waals surface area contributed by atoms with E-state index >= 15 is 0 Å².